The monoisotopic (exact) mass is 279 g/mol. The van der Waals surface area contributed by atoms with E-state index in [0.717, 1.165) is 16.5 Å². The minimum Gasteiger partial charge on any atom is -0.337 e. The molecule has 0 saturated carbocycles. The second kappa shape index (κ2) is 5.40. The van der Waals surface area contributed by atoms with E-state index < -0.39 is 0 Å². The standard InChI is InChI=1S/C17H17N3O/c1-12-6-3-4-7-14(12)11-20(2)17(21)15-9-5-8-13-10-18-19-16(13)15/h3-10H,11H2,1-2H3,(H,18,19). The summed E-state index contributed by atoms with van der Waals surface area (Å²) in [6, 6.07) is 13.8. The van der Waals surface area contributed by atoms with Gasteiger partial charge in [-0.05, 0) is 24.1 Å². The van der Waals surface area contributed by atoms with Crippen molar-refractivity contribution in [1.29, 1.82) is 0 Å². The van der Waals surface area contributed by atoms with E-state index in [2.05, 4.69) is 29.3 Å². The third-order valence-electron chi connectivity index (χ3n) is 3.72. The lowest BCUT2D eigenvalue weighted by molar-refractivity contribution is 0.0786. The van der Waals surface area contributed by atoms with Gasteiger partial charge in [-0.1, -0.05) is 36.4 Å². The Bertz CT molecular complexity index is 791. The predicted molar refractivity (Wildman–Crippen MR) is 83.1 cm³/mol. The van der Waals surface area contributed by atoms with Crippen LogP contribution in [0.3, 0.4) is 0 Å². The van der Waals surface area contributed by atoms with Gasteiger partial charge in [0.1, 0.15) is 0 Å². The molecule has 1 heterocycles. The van der Waals surface area contributed by atoms with Crippen molar-refractivity contribution in [2.24, 2.45) is 0 Å². The van der Waals surface area contributed by atoms with E-state index in [-0.39, 0.29) is 5.91 Å². The van der Waals surface area contributed by atoms with E-state index in [1.807, 2.05) is 37.4 Å². The molecular weight excluding hydrogens is 262 g/mol. The lowest BCUT2D eigenvalue weighted by Crippen LogP contribution is -2.26. The molecule has 1 aromatic heterocycles. The van der Waals surface area contributed by atoms with Gasteiger partial charge in [0.25, 0.3) is 5.91 Å². The van der Waals surface area contributed by atoms with Crippen molar-refractivity contribution >= 4 is 16.8 Å². The summed E-state index contributed by atoms with van der Waals surface area (Å²) in [5.74, 6) is -0.00639. The summed E-state index contributed by atoms with van der Waals surface area (Å²) in [5.41, 5.74) is 3.79. The Kier molecular flexibility index (Phi) is 3.44. The SMILES string of the molecule is Cc1ccccc1CN(C)C(=O)c1cccc2cn[nH]c12. The summed E-state index contributed by atoms with van der Waals surface area (Å²) in [6.45, 7) is 2.65. The fraction of sp³-hybridized carbons (Fsp3) is 0.176. The number of aryl methyl sites for hydroxylation is 1. The van der Waals surface area contributed by atoms with Crippen LogP contribution in [-0.4, -0.2) is 28.1 Å². The lowest BCUT2D eigenvalue weighted by Gasteiger charge is -2.19. The normalized spacial score (nSPS) is 10.8. The van der Waals surface area contributed by atoms with Crippen LogP contribution < -0.4 is 0 Å². The highest BCUT2D eigenvalue weighted by atomic mass is 16.2. The van der Waals surface area contributed by atoms with Gasteiger partial charge in [-0.3, -0.25) is 9.89 Å². The van der Waals surface area contributed by atoms with Gasteiger partial charge in [0.05, 0.1) is 17.3 Å². The van der Waals surface area contributed by atoms with Gasteiger partial charge in [-0.25, -0.2) is 0 Å². The first kappa shape index (κ1) is 13.4. The second-order valence-corrected chi connectivity index (χ2v) is 5.23. The van der Waals surface area contributed by atoms with Crippen molar-refractivity contribution in [3.8, 4) is 0 Å². The molecule has 1 N–H and O–H groups in total. The highest BCUT2D eigenvalue weighted by molar-refractivity contribution is 6.05. The van der Waals surface area contributed by atoms with Crippen LogP contribution >= 0.6 is 0 Å². The third-order valence-corrected chi connectivity index (χ3v) is 3.72. The summed E-state index contributed by atoms with van der Waals surface area (Å²) in [5, 5.41) is 7.86. The Morgan fingerprint density at radius 2 is 2.00 bits per heavy atom. The second-order valence-electron chi connectivity index (χ2n) is 5.23. The molecule has 3 aromatic rings. The molecule has 0 spiro atoms. The number of H-pyrrole nitrogens is 1. The number of carbonyl (C=O) groups excluding carboxylic acids is 1. The maximum atomic E-state index is 12.7. The molecule has 106 valence electrons. The Morgan fingerprint density at radius 1 is 1.19 bits per heavy atom. The predicted octanol–water partition coefficient (Wildman–Crippen LogP) is 3.14. The summed E-state index contributed by atoms with van der Waals surface area (Å²) in [7, 11) is 1.82. The van der Waals surface area contributed by atoms with Crippen LogP contribution in [0.15, 0.2) is 48.7 Å². The van der Waals surface area contributed by atoms with Crippen LogP contribution in [0.2, 0.25) is 0 Å². The first-order valence-corrected chi connectivity index (χ1v) is 6.89. The van der Waals surface area contributed by atoms with E-state index in [1.54, 1.807) is 11.1 Å². The van der Waals surface area contributed by atoms with Gasteiger partial charge >= 0.3 is 0 Å². The Labute approximate surface area is 123 Å². The molecule has 0 aliphatic heterocycles. The van der Waals surface area contributed by atoms with E-state index >= 15 is 0 Å². The zero-order valence-electron chi connectivity index (χ0n) is 12.1. The highest BCUT2D eigenvalue weighted by Crippen LogP contribution is 2.18. The van der Waals surface area contributed by atoms with E-state index in [1.165, 1.54) is 5.56 Å². The van der Waals surface area contributed by atoms with Gasteiger partial charge in [0.2, 0.25) is 0 Å². The fourth-order valence-corrected chi connectivity index (χ4v) is 2.47. The number of carbonyl (C=O) groups is 1. The highest BCUT2D eigenvalue weighted by Gasteiger charge is 2.16. The maximum Gasteiger partial charge on any atom is 0.256 e. The lowest BCUT2D eigenvalue weighted by atomic mass is 10.1. The average molecular weight is 279 g/mol. The van der Waals surface area contributed by atoms with Crippen LogP contribution in [0.1, 0.15) is 21.5 Å². The van der Waals surface area contributed by atoms with Crippen LogP contribution in [0.5, 0.6) is 0 Å². The van der Waals surface area contributed by atoms with Crippen LogP contribution in [0.4, 0.5) is 0 Å². The Balaban J connectivity index is 1.88. The molecule has 0 aliphatic rings. The summed E-state index contributed by atoms with van der Waals surface area (Å²) < 4.78 is 0. The van der Waals surface area contributed by atoms with Gasteiger partial charge < -0.3 is 4.90 Å². The smallest absolute Gasteiger partial charge is 0.256 e. The molecule has 4 heteroatoms. The molecule has 21 heavy (non-hydrogen) atoms. The maximum absolute atomic E-state index is 12.7. The number of aromatic amines is 1. The molecule has 0 radical (unpaired) electrons. The summed E-state index contributed by atoms with van der Waals surface area (Å²) >= 11 is 0. The molecule has 0 saturated heterocycles. The van der Waals surface area contributed by atoms with Crippen molar-refractivity contribution in [1.82, 2.24) is 15.1 Å². The number of hydrogen-bond donors (Lipinski definition) is 1. The van der Waals surface area contributed by atoms with Crippen molar-refractivity contribution in [2.45, 2.75) is 13.5 Å². The van der Waals surface area contributed by atoms with Crippen molar-refractivity contribution in [3.05, 3.63) is 65.4 Å². The molecule has 0 unspecified atom stereocenters. The molecule has 0 bridgehead atoms. The number of benzene rings is 2. The first-order valence-electron chi connectivity index (χ1n) is 6.89. The molecule has 0 fully saturated rings. The first-order chi connectivity index (χ1) is 10.2. The number of amides is 1. The number of fused-ring (bicyclic) bond motifs is 1. The summed E-state index contributed by atoms with van der Waals surface area (Å²) in [6.07, 6.45) is 1.73. The van der Waals surface area contributed by atoms with Crippen LogP contribution in [0, 0.1) is 6.92 Å². The average Bonchev–Trinajstić information content (AvgIpc) is 2.97. The molecule has 1 amide bonds. The van der Waals surface area contributed by atoms with Crippen LogP contribution in [-0.2, 0) is 6.54 Å². The number of para-hydroxylation sites is 1. The minimum absolute atomic E-state index is 0.00639. The van der Waals surface area contributed by atoms with E-state index in [9.17, 15) is 4.79 Å². The van der Waals surface area contributed by atoms with Gasteiger partial charge in [-0.2, -0.15) is 5.10 Å². The van der Waals surface area contributed by atoms with Crippen LogP contribution in [0.25, 0.3) is 10.9 Å². The largest absolute Gasteiger partial charge is 0.337 e. The van der Waals surface area contributed by atoms with Crippen molar-refractivity contribution in [2.75, 3.05) is 7.05 Å². The quantitative estimate of drug-likeness (QED) is 0.800. The fourth-order valence-electron chi connectivity index (χ4n) is 2.47. The van der Waals surface area contributed by atoms with Gasteiger partial charge in [-0.15, -0.1) is 0 Å². The van der Waals surface area contributed by atoms with E-state index in [0.29, 0.717) is 12.1 Å². The van der Waals surface area contributed by atoms with Crippen molar-refractivity contribution in [3.63, 3.8) is 0 Å². The van der Waals surface area contributed by atoms with E-state index in [4.69, 9.17) is 0 Å². The number of nitrogens with zero attached hydrogens (tertiary/aromatic N) is 2. The molecule has 3 rings (SSSR count). The molecule has 4 nitrogen and oxygen atoms in total. The molecule has 0 aliphatic carbocycles. The third kappa shape index (κ3) is 2.52. The molecule has 2 aromatic carbocycles. The Morgan fingerprint density at radius 3 is 2.81 bits per heavy atom. The Hall–Kier alpha value is -2.62. The topological polar surface area (TPSA) is 49.0 Å². The van der Waals surface area contributed by atoms with Gasteiger partial charge in [0.15, 0.2) is 0 Å². The zero-order chi connectivity index (χ0) is 14.8. The zero-order valence-corrected chi connectivity index (χ0v) is 12.1. The number of aromatic nitrogens is 2. The number of hydrogen-bond acceptors (Lipinski definition) is 2. The van der Waals surface area contributed by atoms with Gasteiger partial charge in [0, 0.05) is 19.0 Å². The summed E-state index contributed by atoms with van der Waals surface area (Å²) in [4.78, 5) is 14.4. The molecular formula is C17H17N3O. The number of rotatable bonds is 3. The molecule has 0 atom stereocenters. The number of nitrogens with one attached hydrogen (secondary N) is 1. The minimum atomic E-state index is -0.00639. The van der Waals surface area contributed by atoms with Crippen molar-refractivity contribution < 1.29 is 4.79 Å².